The maximum atomic E-state index is 12.5. The van der Waals surface area contributed by atoms with Crippen molar-refractivity contribution in [1.29, 1.82) is 0 Å². The summed E-state index contributed by atoms with van der Waals surface area (Å²) in [5.74, 6) is 0.458. The molecule has 0 unspecified atom stereocenters. The van der Waals surface area contributed by atoms with Crippen LogP contribution in [0.4, 0.5) is 4.79 Å². The molecule has 2 saturated heterocycles. The van der Waals surface area contributed by atoms with Gasteiger partial charge in [-0.3, -0.25) is 14.5 Å². The van der Waals surface area contributed by atoms with Crippen molar-refractivity contribution >= 4 is 17.9 Å². The molecule has 1 aromatic carbocycles. The van der Waals surface area contributed by atoms with E-state index < -0.39 is 5.60 Å². The monoisotopic (exact) mass is 429 g/mol. The molecule has 0 radical (unpaired) electrons. The lowest BCUT2D eigenvalue weighted by Crippen LogP contribution is -2.47. The number of piperidine rings is 1. The Morgan fingerprint density at radius 3 is 2.52 bits per heavy atom. The molecule has 3 amide bonds. The summed E-state index contributed by atoms with van der Waals surface area (Å²) < 4.78 is 5.84. The van der Waals surface area contributed by atoms with Crippen LogP contribution in [0.15, 0.2) is 30.3 Å². The number of hydrogen-bond donors (Lipinski definition) is 1. The van der Waals surface area contributed by atoms with Crippen molar-refractivity contribution in [2.45, 2.75) is 64.5 Å². The topological polar surface area (TPSA) is 79.0 Å². The number of rotatable bonds is 9. The molecule has 0 saturated carbocycles. The minimum atomic E-state index is -0.495. The van der Waals surface area contributed by atoms with Gasteiger partial charge in [0.05, 0.1) is 6.54 Å². The van der Waals surface area contributed by atoms with Gasteiger partial charge >= 0.3 is 6.09 Å². The minimum absolute atomic E-state index is 0.0104. The zero-order chi connectivity index (χ0) is 22.3. The van der Waals surface area contributed by atoms with Crippen molar-refractivity contribution in [3.63, 3.8) is 0 Å². The van der Waals surface area contributed by atoms with E-state index >= 15 is 0 Å². The molecule has 2 heterocycles. The average molecular weight is 430 g/mol. The summed E-state index contributed by atoms with van der Waals surface area (Å²) >= 11 is 0. The minimum Gasteiger partial charge on any atom is -0.441 e. The fourth-order valence-corrected chi connectivity index (χ4v) is 4.62. The van der Waals surface area contributed by atoms with E-state index in [0.29, 0.717) is 26.1 Å². The van der Waals surface area contributed by atoms with E-state index in [0.717, 1.165) is 50.8 Å². The van der Waals surface area contributed by atoms with Gasteiger partial charge in [0.2, 0.25) is 11.8 Å². The Labute approximate surface area is 185 Å². The van der Waals surface area contributed by atoms with Crippen LogP contribution in [0.3, 0.4) is 0 Å². The lowest BCUT2D eigenvalue weighted by molar-refractivity contribution is -0.134. The highest BCUT2D eigenvalue weighted by Crippen LogP contribution is 2.37. The summed E-state index contributed by atoms with van der Waals surface area (Å²) in [4.78, 5) is 39.6. The maximum absolute atomic E-state index is 12.5. The van der Waals surface area contributed by atoms with Crippen LogP contribution in [0.25, 0.3) is 0 Å². The van der Waals surface area contributed by atoms with Gasteiger partial charge in [-0.05, 0) is 38.2 Å². The summed E-state index contributed by atoms with van der Waals surface area (Å²) in [6.45, 7) is 6.83. The van der Waals surface area contributed by atoms with Crippen molar-refractivity contribution in [2.24, 2.45) is 5.92 Å². The van der Waals surface area contributed by atoms with Crippen molar-refractivity contribution in [1.82, 2.24) is 15.1 Å². The summed E-state index contributed by atoms with van der Waals surface area (Å²) in [6, 6.07) is 9.97. The second-order valence-electron chi connectivity index (χ2n) is 8.97. The van der Waals surface area contributed by atoms with Crippen LogP contribution in [0.5, 0.6) is 0 Å². The number of likely N-dealkylation sites (tertiary alicyclic amines) is 1. The highest BCUT2D eigenvalue weighted by molar-refractivity contribution is 5.76. The lowest BCUT2D eigenvalue weighted by atomic mass is 9.81. The third-order valence-corrected chi connectivity index (χ3v) is 6.45. The van der Waals surface area contributed by atoms with E-state index in [9.17, 15) is 14.4 Å². The van der Waals surface area contributed by atoms with Crippen molar-refractivity contribution in [3.05, 3.63) is 35.9 Å². The Hall–Kier alpha value is -2.57. The van der Waals surface area contributed by atoms with E-state index in [1.807, 2.05) is 42.2 Å². The first-order valence-electron chi connectivity index (χ1n) is 11.4. The van der Waals surface area contributed by atoms with Crippen molar-refractivity contribution in [3.8, 4) is 0 Å². The largest absolute Gasteiger partial charge is 0.441 e. The van der Waals surface area contributed by atoms with Crippen LogP contribution >= 0.6 is 0 Å². The second-order valence-corrected chi connectivity index (χ2v) is 8.97. The first-order valence-corrected chi connectivity index (χ1v) is 11.4. The average Bonchev–Trinajstić information content (AvgIpc) is 3.05. The van der Waals surface area contributed by atoms with Gasteiger partial charge < -0.3 is 15.0 Å². The van der Waals surface area contributed by atoms with Gasteiger partial charge in [0.1, 0.15) is 5.60 Å². The van der Waals surface area contributed by atoms with Gasteiger partial charge in [-0.1, -0.05) is 36.8 Å². The molecule has 7 heteroatoms. The van der Waals surface area contributed by atoms with Gasteiger partial charge in [0.15, 0.2) is 0 Å². The number of amides is 3. The Balaban J connectivity index is 1.40. The molecule has 1 N–H and O–H groups in total. The summed E-state index contributed by atoms with van der Waals surface area (Å²) in [7, 11) is 0. The molecule has 1 aromatic rings. The highest BCUT2D eigenvalue weighted by Gasteiger charge is 2.47. The summed E-state index contributed by atoms with van der Waals surface area (Å²) in [6.07, 6.45) is 4.72. The second kappa shape index (κ2) is 10.6. The van der Waals surface area contributed by atoms with Gasteiger partial charge in [-0.15, -0.1) is 0 Å². The predicted octanol–water partition coefficient (Wildman–Crippen LogP) is 3.33. The first kappa shape index (κ1) is 23.1. The summed E-state index contributed by atoms with van der Waals surface area (Å²) in [5.41, 5.74) is 0.603. The van der Waals surface area contributed by atoms with E-state index in [1.165, 1.54) is 6.92 Å². The standard InChI is InChI=1S/C24H35N3O4/c1-19(28)25-14-8-4-7-11-22(29)26-15-12-21(13-16-26)24(2)18-27(23(30)31-24)17-20-9-5-3-6-10-20/h3,5-6,9-10,21H,4,7-8,11-18H2,1-2H3,(H,25,28)/t24-/m1/s1. The van der Waals surface area contributed by atoms with Crippen LogP contribution < -0.4 is 5.32 Å². The maximum Gasteiger partial charge on any atom is 0.410 e. The van der Waals surface area contributed by atoms with Crippen LogP contribution in [-0.2, 0) is 20.9 Å². The van der Waals surface area contributed by atoms with E-state index in [2.05, 4.69) is 5.32 Å². The molecule has 2 fully saturated rings. The third kappa shape index (κ3) is 6.45. The normalized spacial score (nSPS) is 21.8. The van der Waals surface area contributed by atoms with Crippen molar-refractivity contribution in [2.75, 3.05) is 26.2 Å². The molecular formula is C24H35N3O4. The zero-order valence-electron chi connectivity index (χ0n) is 18.8. The van der Waals surface area contributed by atoms with E-state index in [-0.39, 0.29) is 23.8 Å². The fourth-order valence-electron chi connectivity index (χ4n) is 4.62. The van der Waals surface area contributed by atoms with Gasteiger partial charge in [-0.25, -0.2) is 4.79 Å². The predicted molar refractivity (Wildman–Crippen MR) is 118 cm³/mol. The first-order chi connectivity index (χ1) is 14.9. The molecule has 1 atom stereocenters. The third-order valence-electron chi connectivity index (χ3n) is 6.45. The number of unbranched alkanes of at least 4 members (excludes halogenated alkanes) is 2. The van der Waals surface area contributed by atoms with Crippen LogP contribution in [0.1, 0.15) is 57.9 Å². The number of nitrogens with one attached hydrogen (secondary N) is 1. The highest BCUT2D eigenvalue weighted by atomic mass is 16.6. The van der Waals surface area contributed by atoms with Crippen LogP contribution in [0.2, 0.25) is 0 Å². The molecule has 2 aliphatic heterocycles. The molecule has 0 bridgehead atoms. The Morgan fingerprint density at radius 2 is 1.84 bits per heavy atom. The number of hydrogen-bond acceptors (Lipinski definition) is 4. The van der Waals surface area contributed by atoms with E-state index in [1.54, 1.807) is 4.90 Å². The van der Waals surface area contributed by atoms with E-state index in [4.69, 9.17) is 4.74 Å². The number of carbonyl (C=O) groups is 3. The molecule has 0 aromatic heterocycles. The van der Waals surface area contributed by atoms with Gasteiger partial charge in [0.25, 0.3) is 0 Å². The number of carbonyl (C=O) groups excluding carboxylic acids is 3. The Bertz CT molecular complexity index is 761. The zero-order valence-corrected chi connectivity index (χ0v) is 18.8. The lowest BCUT2D eigenvalue weighted by Gasteiger charge is -2.39. The summed E-state index contributed by atoms with van der Waals surface area (Å²) in [5, 5.41) is 2.78. The molecule has 170 valence electrons. The molecule has 31 heavy (non-hydrogen) atoms. The Morgan fingerprint density at radius 1 is 1.13 bits per heavy atom. The fraction of sp³-hybridized carbons (Fsp3) is 0.625. The molecule has 3 rings (SSSR count). The molecule has 0 spiro atoms. The Kier molecular flexibility index (Phi) is 7.93. The number of nitrogens with zero attached hydrogens (tertiary/aromatic N) is 2. The number of benzene rings is 1. The van der Waals surface area contributed by atoms with Crippen molar-refractivity contribution < 1.29 is 19.1 Å². The molecule has 0 aliphatic carbocycles. The quantitative estimate of drug-likeness (QED) is 0.611. The van der Waals surface area contributed by atoms with Crippen LogP contribution in [0, 0.1) is 5.92 Å². The van der Waals surface area contributed by atoms with Crippen LogP contribution in [-0.4, -0.2) is 59.5 Å². The molecule has 7 nitrogen and oxygen atoms in total. The number of ether oxygens (including phenoxy) is 1. The molecular weight excluding hydrogens is 394 g/mol. The smallest absolute Gasteiger partial charge is 0.410 e. The number of cyclic esters (lactones) is 1. The van der Waals surface area contributed by atoms with Gasteiger partial charge in [0, 0.05) is 45.4 Å². The molecule has 2 aliphatic rings. The SMILES string of the molecule is CC(=O)NCCCCCC(=O)N1CCC([C@@]2(C)CN(Cc3ccccc3)C(=O)O2)CC1. The van der Waals surface area contributed by atoms with Gasteiger partial charge in [-0.2, -0.15) is 0 Å².